The molecule has 1 aliphatic rings. The zero-order valence-electron chi connectivity index (χ0n) is 14.2. The van der Waals surface area contributed by atoms with Crippen LogP contribution in [0, 0.1) is 5.92 Å². The number of nitrogens with zero attached hydrogens (tertiary/aromatic N) is 3. The van der Waals surface area contributed by atoms with Crippen LogP contribution in [0.25, 0.3) is 0 Å². The highest BCUT2D eigenvalue weighted by atomic mass is 15.3. The molecule has 1 saturated heterocycles. The van der Waals surface area contributed by atoms with Crippen molar-refractivity contribution in [1.82, 2.24) is 20.0 Å². The molecule has 4 nitrogen and oxygen atoms in total. The van der Waals surface area contributed by atoms with Gasteiger partial charge in [0.15, 0.2) is 0 Å². The summed E-state index contributed by atoms with van der Waals surface area (Å²) in [6.45, 7) is 7.90. The summed E-state index contributed by atoms with van der Waals surface area (Å²) in [5.74, 6) is 0.693. The van der Waals surface area contributed by atoms with E-state index in [9.17, 15) is 0 Å². The third-order valence-corrected chi connectivity index (χ3v) is 4.68. The van der Waals surface area contributed by atoms with Crippen molar-refractivity contribution in [2.75, 3.05) is 26.7 Å². The van der Waals surface area contributed by atoms with Crippen LogP contribution >= 0.6 is 0 Å². The lowest BCUT2D eigenvalue weighted by molar-refractivity contribution is 0.188. The molecule has 2 unspecified atom stereocenters. The van der Waals surface area contributed by atoms with Crippen LogP contribution in [0.3, 0.4) is 0 Å². The van der Waals surface area contributed by atoms with Crippen LogP contribution < -0.4 is 5.32 Å². The largest absolute Gasteiger partial charge is 0.316 e. The van der Waals surface area contributed by atoms with Gasteiger partial charge >= 0.3 is 0 Å². The molecule has 0 amide bonds. The Labute approximate surface area is 129 Å². The van der Waals surface area contributed by atoms with Gasteiger partial charge in [0.2, 0.25) is 0 Å². The van der Waals surface area contributed by atoms with E-state index in [0.29, 0.717) is 12.0 Å². The molecule has 0 aliphatic carbocycles. The van der Waals surface area contributed by atoms with Crippen LogP contribution in [0.2, 0.25) is 0 Å². The molecule has 1 aromatic rings. The molecule has 1 aliphatic heterocycles. The Balaban J connectivity index is 2.23. The highest BCUT2D eigenvalue weighted by Crippen LogP contribution is 2.35. The van der Waals surface area contributed by atoms with Crippen molar-refractivity contribution in [3.63, 3.8) is 0 Å². The fourth-order valence-electron chi connectivity index (χ4n) is 3.67. The fraction of sp³-hybridized carbons (Fsp3) is 0.824. The number of rotatable bonds is 6. The van der Waals surface area contributed by atoms with Gasteiger partial charge in [-0.15, -0.1) is 0 Å². The average molecular weight is 292 g/mol. The molecule has 1 N–H and O–H groups in total. The number of likely N-dealkylation sites (tertiary alicyclic amines) is 1. The first kappa shape index (κ1) is 16.5. The van der Waals surface area contributed by atoms with Gasteiger partial charge in [-0.1, -0.05) is 20.3 Å². The smallest absolute Gasteiger partial charge is 0.0669 e. The Morgan fingerprint density at radius 2 is 2.10 bits per heavy atom. The molecule has 4 heteroatoms. The molecular formula is C17H32N4. The van der Waals surface area contributed by atoms with Gasteiger partial charge in [-0.3, -0.25) is 9.58 Å². The van der Waals surface area contributed by atoms with E-state index in [1.165, 1.54) is 43.5 Å². The molecule has 0 radical (unpaired) electrons. The Morgan fingerprint density at radius 3 is 2.81 bits per heavy atom. The van der Waals surface area contributed by atoms with Crippen molar-refractivity contribution >= 4 is 0 Å². The van der Waals surface area contributed by atoms with E-state index < -0.39 is 0 Å². The maximum absolute atomic E-state index is 4.67. The van der Waals surface area contributed by atoms with E-state index in [1.54, 1.807) is 0 Å². The van der Waals surface area contributed by atoms with Crippen molar-refractivity contribution < 1.29 is 0 Å². The Morgan fingerprint density at radius 1 is 1.29 bits per heavy atom. The fourth-order valence-corrected chi connectivity index (χ4v) is 3.67. The number of aryl methyl sites for hydroxylation is 2. The topological polar surface area (TPSA) is 33.1 Å². The van der Waals surface area contributed by atoms with Crippen molar-refractivity contribution in [1.29, 1.82) is 0 Å². The Bertz CT molecular complexity index is 426. The molecule has 2 heterocycles. The first-order chi connectivity index (χ1) is 10.2. The van der Waals surface area contributed by atoms with Gasteiger partial charge < -0.3 is 5.32 Å². The standard InChI is InChI=1S/C17H32N4/c1-5-10-18-12-14-9-7-8-11-20(3)17(14)15-13-21(4)19-16(15)6-2/h13-14,17-18H,5-12H2,1-4H3. The zero-order valence-corrected chi connectivity index (χ0v) is 14.2. The Hall–Kier alpha value is -0.870. The van der Waals surface area contributed by atoms with Gasteiger partial charge in [0.1, 0.15) is 0 Å². The number of aromatic nitrogens is 2. The summed E-state index contributed by atoms with van der Waals surface area (Å²) in [5.41, 5.74) is 2.73. The maximum Gasteiger partial charge on any atom is 0.0669 e. The summed E-state index contributed by atoms with van der Waals surface area (Å²) in [7, 11) is 4.33. The summed E-state index contributed by atoms with van der Waals surface area (Å²) >= 11 is 0. The second-order valence-corrected chi connectivity index (χ2v) is 6.44. The van der Waals surface area contributed by atoms with Crippen LogP contribution in [0.5, 0.6) is 0 Å². The van der Waals surface area contributed by atoms with Crippen LogP contribution in [0.1, 0.15) is 56.8 Å². The molecule has 0 bridgehead atoms. The predicted molar refractivity (Wildman–Crippen MR) is 88.5 cm³/mol. The van der Waals surface area contributed by atoms with Crippen molar-refractivity contribution in [2.24, 2.45) is 13.0 Å². The van der Waals surface area contributed by atoms with E-state index in [2.05, 4.69) is 42.4 Å². The number of hydrogen-bond acceptors (Lipinski definition) is 3. The molecule has 2 atom stereocenters. The predicted octanol–water partition coefficient (Wildman–Crippen LogP) is 2.76. The summed E-state index contributed by atoms with van der Waals surface area (Å²) in [5, 5.41) is 8.31. The van der Waals surface area contributed by atoms with E-state index in [1.807, 2.05) is 11.7 Å². The van der Waals surface area contributed by atoms with Crippen molar-refractivity contribution in [3.05, 3.63) is 17.5 Å². The van der Waals surface area contributed by atoms with Gasteiger partial charge in [-0.25, -0.2) is 0 Å². The van der Waals surface area contributed by atoms with Gasteiger partial charge in [-0.05, 0) is 58.3 Å². The van der Waals surface area contributed by atoms with E-state index in [0.717, 1.165) is 19.5 Å². The van der Waals surface area contributed by atoms with E-state index >= 15 is 0 Å². The third kappa shape index (κ3) is 4.07. The number of nitrogens with one attached hydrogen (secondary N) is 1. The molecular weight excluding hydrogens is 260 g/mol. The lowest BCUT2D eigenvalue weighted by Crippen LogP contribution is -2.35. The van der Waals surface area contributed by atoms with Gasteiger partial charge in [0.05, 0.1) is 5.69 Å². The number of hydrogen-bond donors (Lipinski definition) is 1. The van der Waals surface area contributed by atoms with E-state index in [4.69, 9.17) is 0 Å². The first-order valence-corrected chi connectivity index (χ1v) is 8.60. The lowest BCUT2D eigenvalue weighted by Gasteiger charge is -2.32. The van der Waals surface area contributed by atoms with Crippen molar-refractivity contribution in [2.45, 2.75) is 52.0 Å². The van der Waals surface area contributed by atoms with Crippen LogP contribution in [-0.2, 0) is 13.5 Å². The van der Waals surface area contributed by atoms with Gasteiger partial charge in [0.25, 0.3) is 0 Å². The molecule has 1 aromatic heterocycles. The second-order valence-electron chi connectivity index (χ2n) is 6.44. The minimum absolute atomic E-state index is 0.514. The van der Waals surface area contributed by atoms with Crippen LogP contribution in [0.4, 0.5) is 0 Å². The quantitative estimate of drug-likeness (QED) is 0.819. The summed E-state index contributed by atoms with van der Waals surface area (Å²) in [4.78, 5) is 2.56. The van der Waals surface area contributed by atoms with Crippen LogP contribution in [-0.4, -0.2) is 41.4 Å². The molecule has 120 valence electrons. The summed E-state index contributed by atoms with van der Waals surface area (Å²) in [6, 6.07) is 0.514. The molecule has 1 fully saturated rings. The monoisotopic (exact) mass is 292 g/mol. The maximum atomic E-state index is 4.67. The molecule has 2 rings (SSSR count). The highest BCUT2D eigenvalue weighted by Gasteiger charge is 2.31. The minimum atomic E-state index is 0.514. The normalized spacial score (nSPS) is 24.2. The van der Waals surface area contributed by atoms with E-state index in [-0.39, 0.29) is 0 Å². The molecule has 0 spiro atoms. The van der Waals surface area contributed by atoms with Crippen molar-refractivity contribution in [3.8, 4) is 0 Å². The molecule has 21 heavy (non-hydrogen) atoms. The second kappa shape index (κ2) is 7.95. The summed E-state index contributed by atoms with van der Waals surface area (Å²) in [6.07, 6.45) is 8.47. The van der Waals surface area contributed by atoms with Gasteiger partial charge in [0, 0.05) is 24.8 Å². The minimum Gasteiger partial charge on any atom is -0.316 e. The van der Waals surface area contributed by atoms with Gasteiger partial charge in [-0.2, -0.15) is 5.10 Å². The average Bonchev–Trinajstić information content (AvgIpc) is 2.73. The van der Waals surface area contributed by atoms with Crippen LogP contribution in [0.15, 0.2) is 6.20 Å². The molecule has 0 saturated carbocycles. The first-order valence-electron chi connectivity index (χ1n) is 8.60. The molecule has 0 aromatic carbocycles. The highest BCUT2D eigenvalue weighted by molar-refractivity contribution is 5.23. The SMILES string of the molecule is CCCNCC1CCCCN(C)C1c1cn(C)nc1CC. The third-order valence-electron chi connectivity index (χ3n) is 4.68. The lowest BCUT2D eigenvalue weighted by atomic mass is 9.89. The summed E-state index contributed by atoms with van der Waals surface area (Å²) < 4.78 is 1.99. The zero-order chi connectivity index (χ0) is 15.2. The Kier molecular flexibility index (Phi) is 6.24.